The number of aromatic nitrogens is 5. The molecule has 4 heterocycles. The third-order valence-electron chi connectivity index (χ3n) is 3.98. The van der Waals surface area contributed by atoms with Crippen molar-refractivity contribution >= 4 is 11.3 Å². The minimum absolute atomic E-state index is 0.467. The number of methoxy groups -OCH3 is 2. The molecule has 0 aliphatic carbocycles. The number of hydrogen-bond donors (Lipinski definition) is 0. The first-order chi connectivity index (χ1) is 13.3. The summed E-state index contributed by atoms with van der Waals surface area (Å²) < 4.78 is 10.2. The van der Waals surface area contributed by atoms with Gasteiger partial charge >= 0.3 is 0 Å². The standard InChI is InChI=1S/C19H15N5O2S/c1-25-17-5-3-15(21-23-17)13-8-10-27-19(13)12-7-9-20-11-14(12)16-4-6-18(26-2)24-22-16/h3-11H,1-2H3. The summed E-state index contributed by atoms with van der Waals surface area (Å²) in [6, 6.07) is 11.3. The molecule has 27 heavy (non-hydrogen) atoms. The molecule has 0 fully saturated rings. The van der Waals surface area contributed by atoms with Gasteiger partial charge < -0.3 is 9.47 Å². The summed E-state index contributed by atoms with van der Waals surface area (Å²) in [5.74, 6) is 0.947. The SMILES string of the molecule is COc1ccc(-c2cnccc2-c2sccc2-c2ccc(OC)nn2)nn1. The van der Waals surface area contributed by atoms with Crippen molar-refractivity contribution in [3.05, 3.63) is 54.2 Å². The fourth-order valence-electron chi connectivity index (χ4n) is 2.66. The average Bonchev–Trinajstić information content (AvgIpc) is 3.23. The van der Waals surface area contributed by atoms with E-state index in [0.717, 1.165) is 33.0 Å². The lowest BCUT2D eigenvalue weighted by molar-refractivity contribution is 0.392. The van der Waals surface area contributed by atoms with E-state index in [1.807, 2.05) is 29.6 Å². The number of hydrogen-bond acceptors (Lipinski definition) is 8. The van der Waals surface area contributed by atoms with E-state index in [9.17, 15) is 0 Å². The Hall–Kier alpha value is -3.39. The van der Waals surface area contributed by atoms with Gasteiger partial charge in [0.25, 0.3) is 0 Å². The van der Waals surface area contributed by atoms with Crippen molar-refractivity contribution in [2.24, 2.45) is 0 Å². The molecule has 4 aromatic rings. The van der Waals surface area contributed by atoms with Gasteiger partial charge in [0.15, 0.2) is 0 Å². The molecule has 0 spiro atoms. The van der Waals surface area contributed by atoms with Gasteiger partial charge in [-0.3, -0.25) is 4.98 Å². The van der Waals surface area contributed by atoms with E-state index in [0.29, 0.717) is 11.8 Å². The van der Waals surface area contributed by atoms with Crippen molar-refractivity contribution in [1.82, 2.24) is 25.4 Å². The molecule has 4 rings (SSSR count). The summed E-state index contributed by atoms with van der Waals surface area (Å²) in [5.41, 5.74) is 4.38. The second-order valence-electron chi connectivity index (χ2n) is 5.51. The van der Waals surface area contributed by atoms with E-state index in [1.54, 1.807) is 50.1 Å². The van der Waals surface area contributed by atoms with Crippen LogP contribution in [0.1, 0.15) is 0 Å². The largest absolute Gasteiger partial charge is 0.480 e. The highest BCUT2D eigenvalue weighted by Crippen LogP contribution is 2.40. The van der Waals surface area contributed by atoms with Crippen LogP contribution in [0.2, 0.25) is 0 Å². The Morgan fingerprint density at radius 1 is 0.704 bits per heavy atom. The summed E-state index contributed by atoms with van der Waals surface area (Å²) in [4.78, 5) is 5.32. The number of nitrogens with zero attached hydrogens (tertiary/aromatic N) is 5. The van der Waals surface area contributed by atoms with Crippen LogP contribution < -0.4 is 9.47 Å². The maximum Gasteiger partial charge on any atom is 0.233 e. The summed E-state index contributed by atoms with van der Waals surface area (Å²) in [6.45, 7) is 0. The van der Waals surface area contributed by atoms with Gasteiger partial charge in [-0.15, -0.1) is 31.7 Å². The van der Waals surface area contributed by atoms with Crippen LogP contribution in [0.15, 0.2) is 54.2 Å². The molecule has 8 heteroatoms. The van der Waals surface area contributed by atoms with Crippen LogP contribution in [0.4, 0.5) is 0 Å². The molecule has 0 radical (unpaired) electrons. The lowest BCUT2D eigenvalue weighted by Gasteiger charge is -2.09. The molecule has 7 nitrogen and oxygen atoms in total. The smallest absolute Gasteiger partial charge is 0.233 e. The number of pyridine rings is 1. The highest BCUT2D eigenvalue weighted by molar-refractivity contribution is 7.14. The Labute approximate surface area is 159 Å². The van der Waals surface area contributed by atoms with Crippen LogP contribution in [-0.2, 0) is 0 Å². The minimum Gasteiger partial charge on any atom is -0.480 e. The van der Waals surface area contributed by atoms with E-state index in [1.165, 1.54) is 0 Å². The Balaban J connectivity index is 1.80. The monoisotopic (exact) mass is 377 g/mol. The van der Waals surface area contributed by atoms with Gasteiger partial charge in [0, 0.05) is 46.1 Å². The van der Waals surface area contributed by atoms with Crippen molar-refractivity contribution in [2.45, 2.75) is 0 Å². The Bertz CT molecular complexity index is 1050. The highest BCUT2D eigenvalue weighted by atomic mass is 32.1. The lowest BCUT2D eigenvalue weighted by Crippen LogP contribution is -1.95. The third kappa shape index (κ3) is 3.34. The molecule has 0 amide bonds. The molecule has 0 saturated carbocycles. The van der Waals surface area contributed by atoms with Gasteiger partial charge in [-0.05, 0) is 29.6 Å². The maximum atomic E-state index is 5.09. The van der Waals surface area contributed by atoms with E-state index < -0.39 is 0 Å². The molecule has 0 aromatic carbocycles. The number of rotatable bonds is 5. The zero-order valence-corrected chi connectivity index (χ0v) is 15.5. The van der Waals surface area contributed by atoms with Crippen LogP contribution in [-0.4, -0.2) is 39.6 Å². The molecule has 0 aliphatic heterocycles. The highest BCUT2D eigenvalue weighted by Gasteiger charge is 2.16. The molecular weight excluding hydrogens is 362 g/mol. The van der Waals surface area contributed by atoms with Crippen molar-refractivity contribution in [1.29, 1.82) is 0 Å². The molecule has 0 bridgehead atoms. The quantitative estimate of drug-likeness (QED) is 0.524. The Morgan fingerprint density at radius 2 is 1.37 bits per heavy atom. The van der Waals surface area contributed by atoms with E-state index >= 15 is 0 Å². The number of thiophene rings is 1. The van der Waals surface area contributed by atoms with Crippen LogP contribution in [0.25, 0.3) is 33.0 Å². The van der Waals surface area contributed by atoms with Gasteiger partial charge in [0.2, 0.25) is 11.8 Å². The molecular formula is C19H15N5O2S. The van der Waals surface area contributed by atoms with E-state index in [-0.39, 0.29) is 0 Å². The van der Waals surface area contributed by atoms with E-state index in [4.69, 9.17) is 9.47 Å². The first kappa shape index (κ1) is 17.0. The number of ether oxygens (including phenoxy) is 2. The predicted octanol–water partition coefficient (Wildman–Crippen LogP) is 3.74. The van der Waals surface area contributed by atoms with Crippen LogP contribution in [0.3, 0.4) is 0 Å². The zero-order chi connectivity index (χ0) is 18.6. The second kappa shape index (κ2) is 7.46. The normalized spacial score (nSPS) is 10.6. The molecule has 0 N–H and O–H groups in total. The van der Waals surface area contributed by atoms with Crippen molar-refractivity contribution in [2.75, 3.05) is 14.2 Å². The maximum absolute atomic E-state index is 5.09. The fourth-order valence-corrected chi connectivity index (χ4v) is 3.61. The molecule has 0 unspecified atom stereocenters. The second-order valence-corrected chi connectivity index (χ2v) is 6.42. The van der Waals surface area contributed by atoms with Gasteiger partial charge in [0.05, 0.1) is 25.6 Å². The third-order valence-corrected chi connectivity index (χ3v) is 4.93. The van der Waals surface area contributed by atoms with Gasteiger partial charge in [-0.1, -0.05) is 0 Å². The van der Waals surface area contributed by atoms with Crippen molar-refractivity contribution < 1.29 is 9.47 Å². The van der Waals surface area contributed by atoms with Crippen LogP contribution in [0, 0.1) is 0 Å². The first-order valence-electron chi connectivity index (χ1n) is 8.08. The summed E-state index contributed by atoms with van der Waals surface area (Å²) in [5, 5.41) is 18.7. The summed E-state index contributed by atoms with van der Waals surface area (Å²) >= 11 is 1.62. The molecule has 0 atom stereocenters. The molecule has 0 aliphatic rings. The molecule has 0 saturated heterocycles. The average molecular weight is 377 g/mol. The zero-order valence-electron chi connectivity index (χ0n) is 14.7. The van der Waals surface area contributed by atoms with Gasteiger partial charge in [0.1, 0.15) is 0 Å². The molecule has 134 valence electrons. The predicted molar refractivity (Wildman–Crippen MR) is 103 cm³/mol. The van der Waals surface area contributed by atoms with E-state index in [2.05, 4.69) is 25.4 Å². The lowest BCUT2D eigenvalue weighted by atomic mass is 10.0. The molecule has 4 aromatic heterocycles. The first-order valence-corrected chi connectivity index (χ1v) is 8.96. The Kier molecular flexibility index (Phi) is 4.71. The van der Waals surface area contributed by atoms with Crippen LogP contribution >= 0.6 is 11.3 Å². The van der Waals surface area contributed by atoms with Crippen molar-refractivity contribution in [3.63, 3.8) is 0 Å². The van der Waals surface area contributed by atoms with Gasteiger partial charge in [-0.25, -0.2) is 0 Å². The summed E-state index contributed by atoms with van der Waals surface area (Å²) in [7, 11) is 3.13. The Morgan fingerprint density at radius 3 is 1.96 bits per heavy atom. The fraction of sp³-hybridized carbons (Fsp3) is 0.105. The minimum atomic E-state index is 0.467. The van der Waals surface area contributed by atoms with Crippen molar-refractivity contribution in [3.8, 4) is 44.7 Å². The summed E-state index contributed by atoms with van der Waals surface area (Å²) in [6.07, 6.45) is 3.55. The van der Waals surface area contributed by atoms with Crippen LogP contribution in [0.5, 0.6) is 11.8 Å². The topological polar surface area (TPSA) is 82.9 Å². The van der Waals surface area contributed by atoms with Gasteiger partial charge in [-0.2, -0.15) is 0 Å².